The first-order valence-electron chi connectivity index (χ1n) is 10.4. The monoisotopic (exact) mass is 456 g/mol. The van der Waals surface area contributed by atoms with E-state index in [1.54, 1.807) is 6.07 Å². The molecule has 0 fully saturated rings. The highest BCUT2D eigenvalue weighted by Crippen LogP contribution is 2.29. The molecule has 2 heterocycles. The van der Waals surface area contributed by atoms with Gasteiger partial charge in [-0.1, -0.05) is 59.8 Å². The first-order valence-corrected chi connectivity index (χ1v) is 11.7. The molecule has 4 rings (SSSR count). The average molecular weight is 457 g/mol. The summed E-state index contributed by atoms with van der Waals surface area (Å²) in [4.78, 5) is 14.7. The maximum Gasteiger partial charge on any atom is 0.233 e. The first kappa shape index (κ1) is 21.7. The van der Waals surface area contributed by atoms with Crippen LogP contribution in [0.1, 0.15) is 36.9 Å². The van der Waals surface area contributed by atoms with Crippen molar-refractivity contribution < 1.29 is 9.53 Å². The van der Waals surface area contributed by atoms with Gasteiger partial charge in [0.05, 0.1) is 10.8 Å². The number of nitrogens with zero attached hydrogens (tertiary/aromatic N) is 4. The summed E-state index contributed by atoms with van der Waals surface area (Å²) < 4.78 is 7.99. The smallest absolute Gasteiger partial charge is 0.233 e. The van der Waals surface area contributed by atoms with E-state index in [0.29, 0.717) is 35.4 Å². The number of benzene rings is 2. The first-order chi connectivity index (χ1) is 15.1. The van der Waals surface area contributed by atoms with Crippen LogP contribution in [0.4, 0.5) is 0 Å². The number of hydrogen-bond acceptors (Lipinski definition) is 5. The van der Waals surface area contributed by atoms with E-state index in [1.807, 2.05) is 47.6 Å². The van der Waals surface area contributed by atoms with Gasteiger partial charge in [0.1, 0.15) is 5.75 Å². The summed E-state index contributed by atoms with van der Waals surface area (Å²) in [6, 6.07) is 15.7. The van der Waals surface area contributed by atoms with Crippen LogP contribution in [0, 0.1) is 0 Å². The molecule has 1 amide bonds. The van der Waals surface area contributed by atoms with Gasteiger partial charge in [0, 0.05) is 19.6 Å². The van der Waals surface area contributed by atoms with Crippen LogP contribution < -0.4 is 4.74 Å². The lowest BCUT2D eigenvalue weighted by molar-refractivity contribution is -0.129. The van der Waals surface area contributed by atoms with Crippen LogP contribution in [0.15, 0.2) is 53.7 Å². The predicted molar refractivity (Wildman–Crippen MR) is 122 cm³/mol. The molecule has 31 heavy (non-hydrogen) atoms. The number of thioether (sulfide) groups is 1. The third-order valence-corrected chi connectivity index (χ3v) is 6.64. The third-order valence-electron chi connectivity index (χ3n) is 5.37. The van der Waals surface area contributed by atoms with E-state index < -0.39 is 0 Å². The Kier molecular flexibility index (Phi) is 6.83. The molecular formula is C23H25ClN4O2S. The molecule has 1 aliphatic rings. The van der Waals surface area contributed by atoms with Gasteiger partial charge in [-0.3, -0.25) is 4.79 Å². The summed E-state index contributed by atoms with van der Waals surface area (Å²) in [5.41, 5.74) is 2.57. The maximum atomic E-state index is 12.8. The zero-order valence-corrected chi connectivity index (χ0v) is 19.2. The topological polar surface area (TPSA) is 60.2 Å². The molecule has 1 atom stereocenters. The van der Waals surface area contributed by atoms with Crippen molar-refractivity contribution in [2.24, 2.45) is 0 Å². The lowest BCUT2D eigenvalue weighted by Crippen LogP contribution is -2.37. The van der Waals surface area contributed by atoms with E-state index in [0.717, 1.165) is 18.1 Å². The Bertz CT molecular complexity index is 1070. The molecule has 1 aliphatic heterocycles. The highest BCUT2D eigenvalue weighted by Gasteiger charge is 2.23. The zero-order chi connectivity index (χ0) is 21.8. The van der Waals surface area contributed by atoms with Gasteiger partial charge in [-0.05, 0) is 43.5 Å². The minimum Gasteiger partial charge on any atom is -0.481 e. The molecule has 0 bridgehead atoms. The van der Waals surface area contributed by atoms with E-state index in [9.17, 15) is 4.79 Å². The van der Waals surface area contributed by atoms with Crippen molar-refractivity contribution in [3.8, 4) is 5.75 Å². The van der Waals surface area contributed by atoms with Crippen molar-refractivity contribution in [3.05, 3.63) is 70.5 Å². The number of aromatic nitrogens is 3. The van der Waals surface area contributed by atoms with Gasteiger partial charge >= 0.3 is 0 Å². The van der Waals surface area contributed by atoms with Crippen molar-refractivity contribution in [1.29, 1.82) is 0 Å². The van der Waals surface area contributed by atoms with Crippen LogP contribution in [0.5, 0.6) is 5.75 Å². The summed E-state index contributed by atoms with van der Waals surface area (Å²) in [5, 5.41) is 9.93. The number of carbonyl (C=O) groups excluding carboxylic acids is 1. The molecule has 2 aromatic carbocycles. The van der Waals surface area contributed by atoms with Crippen molar-refractivity contribution in [3.63, 3.8) is 0 Å². The Morgan fingerprint density at radius 1 is 1.16 bits per heavy atom. The number of hydrogen-bond donors (Lipinski definition) is 0. The molecule has 8 heteroatoms. The van der Waals surface area contributed by atoms with Crippen LogP contribution in [-0.2, 0) is 24.3 Å². The number of carbonyl (C=O) groups is 1. The minimum atomic E-state index is -0.323. The number of halogens is 1. The van der Waals surface area contributed by atoms with Crippen molar-refractivity contribution in [2.45, 2.75) is 44.6 Å². The molecule has 0 saturated heterocycles. The van der Waals surface area contributed by atoms with E-state index in [2.05, 4.69) is 28.4 Å². The van der Waals surface area contributed by atoms with Crippen molar-refractivity contribution in [2.75, 3.05) is 12.3 Å². The van der Waals surface area contributed by atoms with Crippen molar-refractivity contribution >= 4 is 29.3 Å². The summed E-state index contributed by atoms with van der Waals surface area (Å²) in [5.74, 6) is 1.77. The van der Waals surface area contributed by atoms with Crippen LogP contribution in [0.2, 0.25) is 5.02 Å². The summed E-state index contributed by atoms with van der Waals surface area (Å²) in [6.07, 6.45) is 0.578. The fraction of sp³-hybridized carbons (Fsp3) is 0.348. The average Bonchev–Trinajstić information content (AvgIpc) is 3.21. The Balaban J connectivity index is 1.40. The number of ether oxygens (including phenoxy) is 1. The van der Waals surface area contributed by atoms with Crippen molar-refractivity contribution in [1.82, 2.24) is 19.7 Å². The molecule has 0 aliphatic carbocycles. The van der Waals surface area contributed by atoms with Gasteiger partial charge in [-0.2, -0.15) is 0 Å². The molecule has 0 N–H and O–H groups in total. The predicted octanol–water partition coefficient (Wildman–Crippen LogP) is 4.77. The molecule has 0 radical (unpaired) electrons. The number of rotatable bonds is 7. The SMILES string of the molecule is CCn1c(SCC(=O)N2CCc3ccccc3C2)nnc1C(C)Oc1ccccc1Cl. The Hall–Kier alpha value is -2.51. The highest BCUT2D eigenvalue weighted by molar-refractivity contribution is 7.99. The second-order valence-corrected chi connectivity index (χ2v) is 8.75. The summed E-state index contributed by atoms with van der Waals surface area (Å²) in [7, 11) is 0. The fourth-order valence-corrected chi connectivity index (χ4v) is 4.81. The molecule has 1 unspecified atom stereocenters. The van der Waals surface area contributed by atoms with E-state index in [4.69, 9.17) is 16.3 Å². The highest BCUT2D eigenvalue weighted by atomic mass is 35.5. The Morgan fingerprint density at radius 2 is 1.90 bits per heavy atom. The van der Waals surface area contributed by atoms with E-state index >= 15 is 0 Å². The van der Waals surface area contributed by atoms with Gasteiger partial charge in [-0.25, -0.2) is 0 Å². The fourth-order valence-electron chi connectivity index (χ4n) is 3.71. The summed E-state index contributed by atoms with van der Waals surface area (Å²) >= 11 is 7.63. The standard InChI is InChI=1S/C23H25ClN4O2S/c1-3-28-22(16(2)30-20-11-7-6-10-19(20)24)25-26-23(28)31-15-21(29)27-13-12-17-8-4-5-9-18(17)14-27/h4-11,16H,3,12-15H2,1-2H3. The molecule has 0 saturated carbocycles. The number of amides is 1. The van der Waals surface area contributed by atoms with Gasteiger partial charge < -0.3 is 14.2 Å². The maximum absolute atomic E-state index is 12.8. The zero-order valence-electron chi connectivity index (χ0n) is 17.6. The van der Waals surface area contributed by atoms with Crippen LogP contribution in [0.3, 0.4) is 0 Å². The lowest BCUT2D eigenvalue weighted by atomic mass is 10.00. The Morgan fingerprint density at radius 3 is 2.68 bits per heavy atom. The third kappa shape index (κ3) is 4.88. The second-order valence-electron chi connectivity index (χ2n) is 7.40. The summed E-state index contributed by atoms with van der Waals surface area (Å²) in [6.45, 7) is 6.06. The quantitative estimate of drug-likeness (QED) is 0.479. The molecule has 3 aromatic rings. The van der Waals surface area contributed by atoms with Gasteiger partial charge in [0.2, 0.25) is 5.91 Å². The number of para-hydroxylation sites is 1. The van der Waals surface area contributed by atoms with E-state index in [1.165, 1.54) is 22.9 Å². The molecule has 1 aromatic heterocycles. The van der Waals surface area contributed by atoms with Crippen LogP contribution in [-0.4, -0.2) is 37.9 Å². The molecule has 162 valence electrons. The van der Waals surface area contributed by atoms with Gasteiger partial charge in [0.25, 0.3) is 0 Å². The molecule has 6 nitrogen and oxygen atoms in total. The van der Waals surface area contributed by atoms with E-state index in [-0.39, 0.29) is 12.0 Å². The van der Waals surface area contributed by atoms with Gasteiger partial charge in [-0.15, -0.1) is 10.2 Å². The van der Waals surface area contributed by atoms with Crippen LogP contribution in [0.25, 0.3) is 0 Å². The minimum absolute atomic E-state index is 0.118. The molecule has 0 spiro atoms. The van der Waals surface area contributed by atoms with Gasteiger partial charge in [0.15, 0.2) is 17.1 Å². The normalized spacial score (nSPS) is 14.2. The Labute approximate surface area is 191 Å². The molecular weight excluding hydrogens is 432 g/mol. The number of fused-ring (bicyclic) bond motifs is 1. The second kappa shape index (κ2) is 9.75. The largest absolute Gasteiger partial charge is 0.481 e. The lowest BCUT2D eigenvalue weighted by Gasteiger charge is -2.28. The van der Waals surface area contributed by atoms with Crippen LogP contribution >= 0.6 is 23.4 Å².